The minimum atomic E-state index is 0.0796. The van der Waals surface area contributed by atoms with Crippen molar-refractivity contribution in [2.75, 3.05) is 7.11 Å². The van der Waals surface area contributed by atoms with Crippen molar-refractivity contribution in [3.05, 3.63) is 75.7 Å². The third kappa shape index (κ3) is 4.77. The number of nitrogens with zero attached hydrogens (tertiary/aromatic N) is 2. The first kappa shape index (κ1) is 19.5. The lowest BCUT2D eigenvalue weighted by atomic mass is 10.1. The summed E-state index contributed by atoms with van der Waals surface area (Å²) in [7, 11) is 1.63. The summed E-state index contributed by atoms with van der Waals surface area (Å²) in [6.45, 7) is 2.91. The average molecular weight is 409 g/mol. The Hall–Kier alpha value is -2.86. The Morgan fingerprint density at radius 3 is 2.69 bits per heavy atom. The van der Waals surface area contributed by atoms with E-state index in [2.05, 4.69) is 4.98 Å². The SMILES string of the molecule is COc1ccccc1OCc1nc(CN(C(=O)c2cccc(C)c2)C2CC2)cs1. The zero-order valence-electron chi connectivity index (χ0n) is 16.6. The molecule has 3 aromatic rings. The summed E-state index contributed by atoms with van der Waals surface area (Å²) in [5.74, 6) is 1.48. The van der Waals surface area contributed by atoms with Gasteiger partial charge in [0.05, 0.1) is 19.3 Å². The topological polar surface area (TPSA) is 51.7 Å². The Kier molecular flexibility index (Phi) is 5.81. The van der Waals surface area contributed by atoms with Gasteiger partial charge in [0.25, 0.3) is 5.91 Å². The van der Waals surface area contributed by atoms with Gasteiger partial charge in [-0.1, -0.05) is 29.8 Å². The lowest BCUT2D eigenvalue weighted by Gasteiger charge is -2.21. The molecule has 0 atom stereocenters. The van der Waals surface area contributed by atoms with Crippen LogP contribution in [0.5, 0.6) is 11.5 Å². The van der Waals surface area contributed by atoms with Crippen LogP contribution in [0.4, 0.5) is 0 Å². The number of hydrogen-bond donors (Lipinski definition) is 0. The number of amides is 1. The highest BCUT2D eigenvalue weighted by Gasteiger charge is 2.33. The van der Waals surface area contributed by atoms with Crippen LogP contribution in [-0.4, -0.2) is 28.9 Å². The van der Waals surface area contributed by atoms with Gasteiger partial charge in [0.1, 0.15) is 11.6 Å². The molecule has 150 valence electrons. The lowest BCUT2D eigenvalue weighted by Crippen LogP contribution is -2.32. The van der Waals surface area contributed by atoms with Crippen LogP contribution in [0.2, 0.25) is 0 Å². The number of para-hydroxylation sites is 2. The molecule has 4 rings (SSSR count). The molecule has 1 aromatic heterocycles. The van der Waals surface area contributed by atoms with Crippen LogP contribution in [0.15, 0.2) is 53.9 Å². The summed E-state index contributed by atoms with van der Waals surface area (Å²) in [6, 6.07) is 15.7. The minimum absolute atomic E-state index is 0.0796. The van der Waals surface area contributed by atoms with Gasteiger partial charge in [0.2, 0.25) is 0 Å². The number of carbonyl (C=O) groups excluding carboxylic acids is 1. The summed E-state index contributed by atoms with van der Waals surface area (Å²) < 4.78 is 11.2. The fraction of sp³-hybridized carbons (Fsp3) is 0.304. The first-order chi connectivity index (χ1) is 14.1. The molecule has 1 saturated carbocycles. The molecule has 2 aromatic carbocycles. The van der Waals surface area contributed by atoms with E-state index in [0.29, 0.717) is 30.7 Å². The van der Waals surface area contributed by atoms with Gasteiger partial charge < -0.3 is 14.4 Å². The van der Waals surface area contributed by atoms with E-state index >= 15 is 0 Å². The van der Waals surface area contributed by atoms with E-state index < -0.39 is 0 Å². The molecular formula is C23H24N2O3S. The first-order valence-corrected chi connectivity index (χ1v) is 10.6. The van der Waals surface area contributed by atoms with Crippen LogP contribution in [0.3, 0.4) is 0 Å². The maximum absolute atomic E-state index is 13.0. The number of methoxy groups -OCH3 is 1. The van der Waals surface area contributed by atoms with Crippen molar-refractivity contribution in [1.29, 1.82) is 0 Å². The summed E-state index contributed by atoms with van der Waals surface area (Å²) >= 11 is 1.55. The van der Waals surface area contributed by atoms with Gasteiger partial charge in [-0.05, 0) is 44.0 Å². The molecule has 1 aliphatic carbocycles. The average Bonchev–Trinajstić information content (AvgIpc) is 3.49. The lowest BCUT2D eigenvalue weighted by molar-refractivity contribution is 0.0728. The van der Waals surface area contributed by atoms with E-state index in [4.69, 9.17) is 9.47 Å². The number of benzene rings is 2. The Balaban J connectivity index is 1.42. The second-order valence-electron chi connectivity index (χ2n) is 7.21. The predicted octanol–water partition coefficient (Wildman–Crippen LogP) is 4.84. The van der Waals surface area contributed by atoms with E-state index in [1.807, 2.05) is 65.7 Å². The molecule has 1 heterocycles. The molecule has 6 heteroatoms. The van der Waals surface area contributed by atoms with Crippen LogP contribution in [0.25, 0.3) is 0 Å². The number of carbonyl (C=O) groups is 1. The van der Waals surface area contributed by atoms with Gasteiger partial charge >= 0.3 is 0 Å². The van der Waals surface area contributed by atoms with Crippen molar-refractivity contribution in [3.8, 4) is 11.5 Å². The van der Waals surface area contributed by atoms with E-state index in [1.165, 1.54) is 0 Å². The molecule has 5 nitrogen and oxygen atoms in total. The van der Waals surface area contributed by atoms with Gasteiger partial charge in [-0.2, -0.15) is 0 Å². The smallest absolute Gasteiger partial charge is 0.254 e. The van der Waals surface area contributed by atoms with Crippen molar-refractivity contribution in [2.45, 2.75) is 39.0 Å². The normalized spacial score (nSPS) is 13.2. The highest BCUT2D eigenvalue weighted by Crippen LogP contribution is 2.31. The number of aryl methyl sites for hydroxylation is 1. The Morgan fingerprint density at radius 1 is 1.17 bits per heavy atom. The first-order valence-electron chi connectivity index (χ1n) is 9.71. The molecule has 0 radical (unpaired) electrons. The van der Waals surface area contributed by atoms with Gasteiger partial charge in [0.15, 0.2) is 11.5 Å². The fourth-order valence-corrected chi connectivity index (χ4v) is 3.93. The second-order valence-corrected chi connectivity index (χ2v) is 8.15. The molecule has 1 aliphatic rings. The molecule has 0 saturated heterocycles. The Labute approximate surface area is 174 Å². The van der Waals surface area contributed by atoms with Crippen LogP contribution in [0.1, 0.15) is 39.5 Å². The predicted molar refractivity (Wildman–Crippen MR) is 114 cm³/mol. The van der Waals surface area contributed by atoms with Gasteiger partial charge in [0, 0.05) is 17.0 Å². The number of hydrogen-bond acceptors (Lipinski definition) is 5. The highest BCUT2D eigenvalue weighted by atomic mass is 32.1. The van der Waals surface area contributed by atoms with Crippen molar-refractivity contribution in [1.82, 2.24) is 9.88 Å². The summed E-state index contributed by atoms with van der Waals surface area (Å²) in [5, 5.41) is 2.89. The molecule has 29 heavy (non-hydrogen) atoms. The summed E-state index contributed by atoms with van der Waals surface area (Å²) in [5.41, 5.74) is 2.74. The van der Waals surface area contributed by atoms with Crippen LogP contribution >= 0.6 is 11.3 Å². The van der Waals surface area contributed by atoms with E-state index in [1.54, 1.807) is 18.4 Å². The number of aromatic nitrogens is 1. The molecule has 0 aliphatic heterocycles. The van der Waals surface area contributed by atoms with Gasteiger partial charge in [-0.15, -0.1) is 11.3 Å². The Morgan fingerprint density at radius 2 is 1.97 bits per heavy atom. The standard InChI is InChI=1S/C23H24N2O3S/c1-16-6-5-7-17(12-16)23(26)25(19-10-11-19)13-18-15-29-22(24-18)14-28-21-9-4-3-8-20(21)27-2/h3-9,12,15,19H,10-11,13-14H2,1-2H3. The summed E-state index contributed by atoms with van der Waals surface area (Å²) in [6.07, 6.45) is 2.12. The van der Waals surface area contributed by atoms with Crippen LogP contribution in [0, 0.1) is 6.92 Å². The van der Waals surface area contributed by atoms with E-state index in [-0.39, 0.29) is 5.91 Å². The van der Waals surface area contributed by atoms with Crippen LogP contribution in [-0.2, 0) is 13.2 Å². The van der Waals surface area contributed by atoms with Gasteiger partial charge in [-0.25, -0.2) is 4.98 Å². The maximum atomic E-state index is 13.0. The van der Waals surface area contributed by atoms with E-state index in [9.17, 15) is 4.79 Å². The molecule has 0 N–H and O–H groups in total. The number of thiazole rings is 1. The third-order valence-electron chi connectivity index (χ3n) is 4.87. The van der Waals surface area contributed by atoms with Crippen molar-refractivity contribution < 1.29 is 14.3 Å². The molecule has 1 fully saturated rings. The highest BCUT2D eigenvalue weighted by molar-refractivity contribution is 7.09. The van der Waals surface area contributed by atoms with Crippen molar-refractivity contribution in [2.24, 2.45) is 0 Å². The molecule has 1 amide bonds. The zero-order valence-corrected chi connectivity index (χ0v) is 17.4. The monoisotopic (exact) mass is 408 g/mol. The Bertz CT molecular complexity index is 997. The molecule has 0 bridgehead atoms. The minimum Gasteiger partial charge on any atom is -0.493 e. The molecule has 0 spiro atoms. The summed E-state index contributed by atoms with van der Waals surface area (Å²) in [4.78, 5) is 19.7. The maximum Gasteiger partial charge on any atom is 0.254 e. The van der Waals surface area contributed by atoms with Crippen molar-refractivity contribution in [3.63, 3.8) is 0 Å². The number of ether oxygens (including phenoxy) is 2. The van der Waals surface area contributed by atoms with Crippen LogP contribution < -0.4 is 9.47 Å². The molecular weight excluding hydrogens is 384 g/mol. The zero-order chi connectivity index (χ0) is 20.2. The molecule has 0 unspecified atom stereocenters. The van der Waals surface area contributed by atoms with E-state index in [0.717, 1.165) is 34.7 Å². The third-order valence-corrected chi connectivity index (χ3v) is 5.74. The number of rotatable bonds is 8. The van der Waals surface area contributed by atoms with Gasteiger partial charge in [-0.3, -0.25) is 4.79 Å². The second kappa shape index (κ2) is 8.66. The fourth-order valence-electron chi connectivity index (χ4n) is 3.24. The van der Waals surface area contributed by atoms with Crippen molar-refractivity contribution >= 4 is 17.2 Å². The largest absolute Gasteiger partial charge is 0.493 e. The quantitative estimate of drug-likeness (QED) is 0.535.